The molecule has 232 valence electrons. The van der Waals surface area contributed by atoms with Crippen molar-refractivity contribution in [2.75, 3.05) is 5.32 Å². The number of carboxylic acids is 2. The summed E-state index contributed by atoms with van der Waals surface area (Å²) < 4.78 is 30.4. The van der Waals surface area contributed by atoms with Gasteiger partial charge in [0.2, 0.25) is 0 Å². The van der Waals surface area contributed by atoms with Crippen molar-refractivity contribution < 1.29 is 28.6 Å². The number of nitrogens with zero attached hydrogens (tertiary/aromatic N) is 4. The van der Waals surface area contributed by atoms with E-state index in [4.69, 9.17) is 15.9 Å². The number of nitrogens with one attached hydrogen (secondary N) is 1. The summed E-state index contributed by atoms with van der Waals surface area (Å²) in [6.07, 6.45) is 3.99. The zero-order valence-electron chi connectivity index (χ0n) is 24.4. The first kappa shape index (κ1) is 35.0. The van der Waals surface area contributed by atoms with Crippen molar-refractivity contribution in [2.24, 2.45) is 5.73 Å². The second-order valence-electron chi connectivity index (χ2n) is 10.4. The smallest absolute Gasteiger partial charge is 0.328 e. The molecule has 0 radical (unpaired) electrons. The minimum atomic E-state index is -1.29. The number of carboxylic acid groups (broad SMARTS) is 2. The lowest BCUT2D eigenvalue weighted by Crippen LogP contribution is -2.41. The van der Waals surface area contributed by atoms with E-state index in [0.29, 0.717) is 28.7 Å². The fourth-order valence-electron chi connectivity index (χ4n) is 3.23. The monoisotopic (exact) mass is 666 g/mol. The summed E-state index contributed by atoms with van der Waals surface area (Å²) in [6.45, 7) is 9.46. The van der Waals surface area contributed by atoms with Crippen LogP contribution in [0.15, 0.2) is 50.7 Å². The van der Waals surface area contributed by atoms with Crippen LogP contribution >= 0.6 is 15.9 Å². The summed E-state index contributed by atoms with van der Waals surface area (Å²) in [7, 11) is 0. The van der Waals surface area contributed by atoms with Gasteiger partial charge in [-0.3, -0.25) is 23.2 Å². The van der Waals surface area contributed by atoms with E-state index in [0.717, 1.165) is 10.5 Å². The lowest BCUT2D eigenvalue weighted by atomic mass is 10.1. The third-order valence-corrected chi connectivity index (χ3v) is 6.21. The highest BCUT2D eigenvalue weighted by Crippen LogP contribution is 2.18. The zero-order valence-corrected chi connectivity index (χ0v) is 26.0. The second kappa shape index (κ2) is 13.8. The molecule has 0 saturated carbocycles. The molecule has 5 N–H and O–H groups in total. The molecule has 0 amide bonds. The molecule has 0 aliphatic heterocycles. The van der Waals surface area contributed by atoms with Gasteiger partial charge >= 0.3 is 11.9 Å². The Balaban J connectivity index is 0.000000255. The summed E-state index contributed by atoms with van der Waals surface area (Å²) in [4.78, 5) is 52.7. The molecular weight excluding hydrogens is 634 g/mol. The van der Waals surface area contributed by atoms with Gasteiger partial charge in [-0.1, -0.05) is 13.8 Å². The molecule has 12 nitrogen and oxygen atoms in total. The number of hydrogen-bond acceptors (Lipinski definition) is 8. The molecule has 0 fully saturated rings. The summed E-state index contributed by atoms with van der Waals surface area (Å²) in [5.74, 6) is -3.26. The van der Waals surface area contributed by atoms with Crippen molar-refractivity contribution in [1.82, 2.24) is 18.8 Å². The van der Waals surface area contributed by atoms with Crippen LogP contribution in [0.5, 0.6) is 0 Å². The molecule has 0 aliphatic rings. The molecule has 4 rings (SSSR count). The number of aryl methyl sites for hydroxylation is 2. The first-order valence-corrected chi connectivity index (χ1v) is 13.7. The number of rotatable bonds is 6. The number of hydrogen-bond donors (Lipinski definition) is 4. The molecule has 4 heterocycles. The van der Waals surface area contributed by atoms with Crippen LogP contribution in [-0.4, -0.2) is 52.0 Å². The molecule has 0 aliphatic carbocycles. The van der Waals surface area contributed by atoms with Gasteiger partial charge in [0.1, 0.15) is 11.1 Å². The number of aliphatic carboxylic acids is 2. The Morgan fingerprint density at radius 2 is 1.28 bits per heavy atom. The van der Waals surface area contributed by atoms with Crippen LogP contribution < -0.4 is 22.2 Å². The molecule has 15 heteroatoms. The van der Waals surface area contributed by atoms with Gasteiger partial charge in [0.05, 0.1) is 5.69 Å². The van der Waals surface area contributed by atoms with Crippen molar-refractivity contribution in [2.45, 2.75) is 65.5 Å². The van der Waals surface area contributed by atoms with Gasteiger partial charge in [-0.05, 0) is 62.5 Å². The molecule has 0 spiro atoms. The Bertz CT molecular complexity index is 1780. The van der Waals surface area contributed by atoms with Gasteiger partial charge in [-0.2, -0.15) is 0 Å². The number of pyridine rings is 2. The average molecular weight is 668 g/mol. The molecule has 4 aromatic heterocycles. The third-order valence-electron chi connectivity index (χ3n) is 5.77. The van der Waals surface area contributed by atoms with Crippen LogP contribution in [0, 0.1) is 11.6 Å². The third kappa shape index (κ3) is 9.12. The van der Waals surface area contributed by atoms with Crippen molar-refractivity contribution >= 4 is 44.9 Å². The van der Waals surface area contributed by atoms with Crippen LogP contribution in [0.4, 0.5) is 14.5 Å². The number of nitrogens with two attached hydrogens (primary N) is 1. The van der Waals surface area contributed by atoms with E-state index in [9.17, 15) is 28.0 Å². The number of aromatic nitrogens is 4. The highest BCUT2D eigenvalue weighted by Gasteiger charge is 2.27. The predicted molar refractivity (Wildman–Crippen MR) is 161 cm³/mol. The number of anilines is 1. The highest BCUT2D eigenvalue weighted by atomic mass is 79.9. The van der Waals surface area contributed by atoms with E-state index in [1.165, 1.54) is 62.7 Å². The average Bonchev–Trinajstić information content (AvgIpc) is 2.89. The quantitative estimate of drug-likeness (QED) is 0.237. The molecule has 4 aromatic rings. The number of halogens is 3. The molecular formula is C28H33BrF2N6O6. The van der Waals surface area contributed by atoms with Gasteiger partial charge in [0.15, 0.2) is 22.9 Å². The van der Waals surface area contributed by atoms with Crippen LogP contribution in [0.1, 0.15) is 52.9 Å². The Kier molecular flexibility index (Phi) is 11.2. The normalized spacial score (nSPS) is 11.3. The molecule has 0 bridgehead atoms. The minimum Gasteiger partial charge on any atom is -0.480 e. The maximum Gasteiger partial charge on any atom is 0.328 e. The van der Waals surface area contributed by atoms with Crippen LogP contribution in [0.3, 0.4) is 0 Å². The fourth-order valence-corrected chi connectivity index (χ4v) is 3.64. The molecule has 43 heavy (non-hydrogen) atoms. The van der Waals surface area contributed by atoms with E-state index in [-0.39, 0.29) is 22.5 Å². The predicted octanol–water partition coefficient (Wildman–Crippen LogP) is 3.64. The highest BCUT2D eigenvalue weighted by molar-refractivity contribution is 9.10. The number of carbonyl (C=O) groups is 2. The van der Waals surface area contributed by atoms with Gasteiger partial charge < -0.3 is 21.3 Å². The van der Waals surface area contributed by atoms with Crippen LogP contribution in [0.25, 0.3) is 11.3 Å². The first-order valence-electron chi connectivity index (χ1n) is 12.9. The van der Waals surface area contributed by atoms with Gasteiger partial charge in [0, 0.05) is 46.5 Å². The lowest BCUT2D eigenvalue weighted by molar-refractivity contribution is -0.142. The van der Waals surface area contributed by atoms with E-state index in [2.05, 4.69) is 31.2 Å². The van der Waals surface area contributed by atoms with E-state index in [1.54, 1.807) is 0 Å². The van der Waals surface area contributed by atoms with Crippen molar-refractivity contribution in [3.05, 3.63) is 84.9 Å². The van der Waals surface area contributed by atoms with Crippen LogP contribution in [0.2, 0.25) is 0 Å². The number of fused-ring (bicyclic) bond motifs is 2. The largest absolute Gasteiger partial charge is 0.480 e. The Morgan fingerprint density at radius 3 is 1.67 bits per heavy atom. The fraction of sp³-hybridized carbons (Fsp3) is 0.357. The minimum absolute atomic E-state index is 0.0713. The second-order valence-corrected chi connectivity index (χ2v) is 11.3. The van der Waals surface area contributed by atoms with E-state index >= 15 is 0 Å². The summed E-state index contributed by atoms with van der Waals surface area (Å²) >= 11 is 3.13. The summed E-state index contributed by atoms with van der Waals surface area (Å²) in [5.41, 5.74) is 3.33. The maximum absolute atomic E-state index is 14.1. The topological polar surface area (TPSA) is 181 Å². The van der Waals surface area contributed by atoms with Gasteiger partial charge in [-0.25, -0.2) is 23.5 Å². The molecule has 0 unspecified atom stereocenters. The molecule has 0 aromatic carbocycles. The Labute approximate surface area is 253 Å². The lowest BCUT2D eigenvalue weighted by Gasteiger charge is -2.22. The molecule has 0 atom stereocenters. The molecule has 0 saturated heterocycles. The van der Waals surface area contributed by atoms with Crippen molar-refractivity contribution in [1.29, 1.82) is 0 Å². The first-order chi connectivity index (χ1) is 19.8. The van der Waals surface area contributed by atoms with Gasteiger partial charge in [-0.15, -0.1) is 0 Å². The van der Waals surface area contributed by atoms with Crippen molar-refractivity contribution in [3.63, 3.8) is 0 Å². The summed E-state index contributed by atoms with van der Waals surface area (Å²) in [5, 5.41) is 19.9. The van der Waals surface area contributed by atoms with E-state index in [1.807, 2.05) is 13.8 Å². The maximum atomic E-state index is 14.1. The SMILES string of the molecule is CC(C)(N)C(=O)O.CCc1cc(=O)n2cc(Br)cc(F)c2n1.CCc1cc(=O)n2cc(NC(C)(C)C(=O)O)cc(F)c2n1. The van der Waals surface area contributed by atoms with E-state index < -0.39 is 40.2 Å². The van der Waals surface area contributed by atoms with Crippen LogP contribution in [-0.2, 0) is 22.4 Å². The standard InChI is InChI=1S/C14H16FN3O3.C10H8BrFN2O.C4H9NO2/c1-4-8-6-11(19)18-7-9(5-10(15)12(18)16-8)17-14(2,3)13(20)21;1-2-7-4-9(15)14-5-6(11)3-8(12)10(14)13-7;1-4(2,5)3(6)7/h5-7,17H,4H2,1-3H3,(H,20,21);3-5H,2H2,1H3;5H2,1-2H3,(H,6,7). The van der Waals surface area contributed by atoms with Gasteiger partial charge in [0.25, 0.3) is 11.1 Å². The Morgan fingerprint density at radius 1 is 0.860 bits per heavy atom. The Hall–Kier alpha value is -4.24. The van der Waals surface area contributed by atoms with Crippen molar-refractivity contribution in [3.8, 4) is 0 Å². The summed E-state index contributed by atoms with van der Waals surface area (Å²) in [6, 6.07) is 5.17. The zero-order chi connectivity index (χ0) is 32.9.